The fraction of sp³-hybridized carbons (Fsp3) is 0.412. The Bertz CT molecular complexity index is 1750. The maximum atomic E-state index is 14.6. The van der Waals surface area contributed by atoms with Gasteiger partial charge >= 0.3 is 4.87 Å². The Morgan fingerprint density at radius 2 is 1.85 bits per heavy atom. The maximum absolute atomic E-state index is 14.6. The Hall–Kier alpha value is -4.01. The summed E-state index contributed by atoms with van der Waals surface area (Å²) in [6.45, 7) is 4.29. The van der Waals surface area contributed by atoms with Crippen LogP contribution >= 0.6 is 11.3 Å². The van der Waals surface area contributed by atoms with Crippen molar-refractivity contribution in [1.82, 2.24) is 20.1 Å². The van der Waals surface area contributed by atoms with E-state index in [9.17, 15) is 29.3 Å². The summed E-state index contributed by atoms with van der Waals surface area (Å²) in [5, 5.41) is 33.4. The Balaban J connectivity index is 0.962. The molecular weight excluding hydrogens is 627 g/mol. The van der Waals surface area contributed by atoms with Crippen LogP contribution in [0.2, 0.25) is 0 Å². The van der Waals surface area contributed by atoms with Crippen LogP contribution in [0.3, 0.4) is 0 Å². The maximum Gasteiger partial charge on any atom is 0.305 e. The lowest BCUT2D eigenvalue weighted by atomic mass is 9.89. The van der Waals surface area contributed by atoms with Crippen molar-refractivity contribution in [1.29, 1.82) is 0 Å². The molecule has 0 radical (unpaired) electrons. The highest BCUT2D eigenvalue weighted by atomic mass is 32.1. The Morgan fingerprint density at radius 3 is 2.64 bits per heavy atom. The number of nitrogens with one attached hydrogen (secondary N) is 2. The topological polar surface area (TPSA) is 148 Å². The molecule has 2 aliphatic rings. The summed E-state index contributed by atoms with van der Waals surface area (Å²) in [6.07, 6.45) is 1.21. The first-order chi connectivity index (χ1) is 22.7. The summed E-state index contributed by atoms with van der Waals surface area (Å²) >= 11 is 0.946. The molecule has 0 saturated carbocycles. The van der Waals surface area contributed by atoms with Gasteiger partial charge in [0.25, 0.3) is 5.91 Å². The normalized spacial score (nSPS) is 17.3. The molecule has 250 valence electrons. The molecule has 4 aromatic rings. The Morgan fingerprint density at radius 1 is 1.09 bits per heavy atom. The van der Waals surface area contributed by atoms with Crippen molar-refractivity contribution in [2.24, 2.45) is 0 Å². The number of carbonyl (C=O) groups excluding carboxylic acids is 1. The second kappa shape index (κ2) is 14.4. The minimum absolute atomic E-state index is 0.0384. The molecule has 1 spiro atoms. The highest BCUT2D eigenvalue weighted by molar-refractivity contribution is 7.16. The first-order valence-electron chi connectivity index (χ1n) is 15.7. The van der Waals surface area contributed by atoms with Crippen LogP contribution in [0.15, 0.2) is 59.4 Å². The first kappa shape index (κ1) is 32.9. The number of benzene rings is 3. The van der Waals surface area contributed by atoms with E-state index >= 15 is 0 Å². The summed E-state index contributed by atoms with van der Waals surface area (Å²) in [5.74, 6) is 0.226. The first-order valence-corrected chi connectivity index (χ1v) is 16.6. The minimum atomic E-state index is -0.882. The zero-order valence-electron chi connectivity index (χ0n) is 25.9. The Labute approximate surface area is 275 Å². The van der Waals surface area contributed by atoms with Gasteiger partial charge in [-0.2, -0.15) is 0 Å². The minimum Gasteiger partial charge on any atom is -0.508 e. The lowest BCUT2D eigenvalue weighted by Gasteiger charge is -2.47. The van der Waals surface area contributed by atoms with Crippen LogP contribution in [0.25, 0.3) is 10.2 Å². The van der Waals surface area contributed by atoms with Gasteiger partial charge in [-0.1, -0.05) is 23.5 Å². The highest BCUT2D eigenvalue weighted by Crippen LogP contribution is 2.32. The van der Waals surface area contributed by atoms with Crippen LogP contribution in [-0.4, -0.2) is 94.1 Å². The number of halogens is 1. The number of piperidine rings is 1. The third kappa shape index (κ3) is 8.11. The number of aromatic hydroxyl groups is 2. The number of thiazole rings is 1. The number of hydrogen-bond donors (Lipinski definition) is 5. The van der Waals surface area contributed by atoms with Crippen LogP contribution in [0, 0.1) is 5.82 Å². The van der Waals surface area contributed by atoms with Crippen molar-refractivity contribution in [2.45, 2.75) is 37.5 Å². The highest BCUT2D eigenvalue weighted by Gasteiger charge is 2.41. The van der Waals surface area contributed by atoms with Crippen molar-refractivity contribution < 1.29 is 34.0 Å². The summed E-state index contributed by atoms with van der Waals surface area (Å²) in [7, 11) is 0. The molecule has 13 heteroatoms. The average Bonchev–Trinajstić information content (AvgIpc) is 3.46. The molecule has 1 amide bonds. The number of fused-ring (bicyclic) bond motifs is 1. The average molecular weight is 667 g/mol. The lowest BCUT2D eigenvalue weighted by Crippen LogP contribution is -2.58. The van der Waals surface area contributed by atoms with Crippen LogP contribution in [-0.2, 0) is 22.5 Å². The number of ether oxygens (including phenoxy) is 2. The molecule has 47 heavy (non-hydrogen) atoms. The fourth-order valence-corrected chi connectivity index (χ4v) is 7.27. The molecule has 3 aromatic carbocycles. The van der Waals surface area contributed by atoms with Gasteiger partial charge < -0.3 is 40.0 Å². The Kier molecular flexibility index (Phi) is 10.1. The molecule has 0 bridgehead atoms. The van der Waals surface area contributed by atoms with E-state index in [2.05, 4.69) is 15.2 Å². The van der Waals surface area contributed by atoms with E-state index in [0.717, 1.165) is 48.4 Å². The van der Waals surface area contributed by atoms with Crippen LogP contribution in [0.1, 0.15) is 35.6 Å². The van der Waals surface area contributed by atoms with Crippen molar-refractivity contribution in [3.05, 3.63) is 86.8 Å². The molecule has 1 aromatic heterocycles. The number of phenols is 2. The molecule has 5 N–H and O–H groups in total. The zero-order valence-corrected chi connectivity index (χ0v) is 26.7. The van der Waals surface area contributed by atoms with Crippen molar-refractivity contribution in [3.63, 3.8) is 0 Å². The number of aliphatic hydroxyl groups excluding tert-OH is 1. The predicted molar refractivity (Wildman–Crippen MR) is 175 cm³/mol. The molecule has 0 unspecified atom stereocenters. The molecular formula is C34H39FN4O7S. The van der Waals surface area contributed by atoms with Gasteiger partial charge in [-0.25, -0.2) is 4.39 Å². The number of aromatic nitrogens is 1. The molecule has 3 heterocycles. The van der Waals surface area contributed by atoms with Crippen LogP contribution in [0.4, 0.5) is 4.39 Å². The van der Waals surface area contributed by atoms with Gasteiger partial charge in [-0.05, 0) is 79.4 Å². The number of hydrogen-bond acceptors (Lipinski definition) is 10. The number of amides is 1. The molecule has 2 saturated heterocycles. The van der Waals surface area contributed by atoms with Gasteiger partial charge in [-0.15, -0.1) is 0 Å². The third-order valence-corrected chi connectivity index (χ3v) is 9.80. The van der Waals surface area contributed by atoms with E-state index in [1.807, 2.05) is 6.07 Å². The van der Waals surface area contributed by atoms with E-state index in [0.29, 0.717) is 60.7 Å². The van der Waals surface area contributed by atoms with Crippen LogP contribution < -0.4 is 14.9 Å². The largest absolute Gasteiger partial charge is 0.508 e. The van der Waals surface area contributed by atoms with E-state index in [1.54, 1.807) is 29.2 Å². The van der Waals surface area contributed by atoms with E-state index in [4.69, 9.17) is 9.47 Å². The third-order valence-electron chi connectivity index (χ3n) is 8.87. The van der Waals surface area contributed by atoms with E-state index in [1.165, 1.54) is 24.3 Å². The molecule has 6 rings (SSSR count). The van der Waals surface area contributed by atoms with Gasteiger partial charge in [0, 0.05) is 44.8 Å². The van der Waals surface area contributed by atoms with Gasteiger partial charge in [-0.3, -0.25) is 14.5 Å². The standard InChI is InChI=1S/C34H39FN4O7S/c35-24-16-22(7-10-36-18-29(42)27-5-6-28(41)31-32(27)47-33(44)37-31)15-23(17-24)19-38-11-8-34(9-12-38)21-39(13-14-46-34)30(43)20-45-26-3-1-25(40)2-4-26/h1-6,15-17,29,36,40-42H,7-14,18-21H2,(H,37,44)/t29-/m0/s1. The fourth-order valence-electron chi connectivity index (χ4n) is 6.35. The predicted octanol–water partition coefficient (Wildman–Crippen LogP) is 3.28. The number of rotatable bonds is 11. The van der Waals surface area contributed by atoms with Crippen molar-refractivity contribution in [2.75, 3.05) is 52.5 Å². The lowest BCUT2D eigenvalue weighted by molar-refractivity contribution is -0.161. The number of nitrogens with zero attached hydrogens (tertiary/aromatic N) is 2. The number of aliphatic hydroxyl groups is 1. The molecule has 11 nitrogen and oxygen atoms in total. The molecule has 2 fully saturated rings. The molecule has 0 aliphatic carbocycles. The van der Waals surface area contributed by atoms with Crippen molar-refractivity contribution in [3.8, 4) is 17.2 Å². The quantitative estimate of drug-likeness (QED) is 0.152. The van der Waals surface area contributed by atoms with Crippen LogP contribution in [0.5, 0.6) is 17.2 Å². The number of carbonyl (C=O) groups is 1. The SMILES string of the molecule is O=C(COc1ccc(O)cc1)N1CCOC2(CCN(Cc3cc(F)cc(CCNC[C@H](O)c4ccc(O)c5[nH]c(=O)sc45)c3)CC2)C1. The molecule has 2 aliphatic heterocycles. The van der Waals surface area contributed by atoms with E-state index in [-0.39, 0.29) is 41.2 Å². The van der Waals surface area contributed by atoms with Gasteiger partial charge in [0.15, 0.2) is 6.61 Å². The second-order valence-electron chi connectivity index (χ2n) is 12.2. The van der Waals surface area contributed by atoms with Gasteiger partial charge in [0.2, 0.25) is 0 Å². The second-order valence-corrected chi connectivity index (χ2v) is 13.2. The number of phenolic OH excluding ortho intramolecular Hbond substituents is 2. The van der Waals surface area contributed by atoms with Crippen molar-refractivity contribution >= 4 is 27.5 Å². The summed E-state index contributed by atoms with van der Waals surface area (Å²) < 4.78 is 27.0. The van der Waals surface area contributed by atoms with E-state index < -0.39 is 11.7 Å². The van der Waals surface area contributed by atoms with Gasteiger partial charge in [0.1, 0.15) is 28.6 Å². The zero-order chi connectivity index (χ0) is 33.0. The number of likely N-dealkylation sites (tertiary alicyclic amines) is 1. The summed E-state index contributed by atoms with van der Waals surface area (Å²) in [5.41, 5.74) is 2.21. The number of aromatic amines is 1. The summed E-state index contributed by atoms with van der Waals surface area (Å²) in [4.78, 5) is 31.1. The van der Waals surface area contributed by atoms with Gasteiger partial charge in [0.05, 0.1) is 23.0 Å². The smallest absolute Gasteiger partial charge is 0.305 e. The molecule has 1 atom stereocenters. The number of H-pyrrole nitrogens is 1. The number of morpholine rings is 1. The summed E-state index contributed by atoms with van der Waals surface area (Å²) in [6, 6.07) is 14.4. The monoisotopic (exact) mass is 666 g/mol.